The first-order valence-corrected chi connectivity index (χ1v) is 9.47. The third kappa shape index (κ3) is 6.20. The second-order valence-electron chi connectivity index (χ2n) is 6.81. The molecular formula is C19H29N3O2S. The van der Waals surface area contributed by atoms with E-state index in [0.29, 0.717) is 28.7 Å². The maximum Gasteiger partial charge on any atom is 0.276 e. The number of nitrogens with one attached hydrogen (secondary N) is 3. The third-order valence-corrected chi connectivity index (χ3v) is 5.26. The van der Waals surface area contributed by atoms with Crippen LogP contribution in [-0.4, -0.2) is 23.7 Å². The van der Waals surface area contributed by atoms with Crippen molar-refractivity contribution < 1.29 is 9.53 Å². The van der Waals surface area contributed by atoms with Crippen LogP contribution in [0.5, 0.6) is 5.75 Å². The second-order valence-corrected chi connectivity index (χ2v) is 7.21. The summed E-state index contributed by atoms with van der Waals surface area (Å²) < 4.78 is 5.46. The highest BCUT2D eigenvalue weighted by atomic mass is 32.1. The van der Waals surface area contributed by atoms with E-state index in [1.165, 1.54) is 18.4 Å². The molecule has 3 N–H and O–H groups in total. The van der Waals surface area contributed by atoms with E-state index in [0.717, 1.165) is 12.8 Å². The van der Waals surface area contributed by atoms with Crippen LogP contribution < -0.4 is 20.9 Å². The lowest BCUT2D eigenvalue weighted by Crippen LogP contribution is -2.53. The number of carbonyl (C=O) groups excluding carboxylic acids is 1. The van der Waals surface area contributed by atoms with E-state index in [2.05, 4.69) is 36.9 Å². The molecule has 1 aromatic rings. The van der Waals surface area contributed by atoms with Crippen LogP contribution in [-0.2, 0) is 11.2 Å². The highest BCUT2D eigenvalue weighted by molar-refractivity contribution is 7.80. The van der Waals surface area contributed by atoms with Crippen LogP contribution in [0.4, 0.5) is 0 Å². The molecule has 0 aliphatic heterocycles. The predicted octanol–water partition coefficient (Wildman–Crippen LogP) is 2.95. The van der Waals surface area contributed by atoms with E-state index < -0.39 is 0 Å². The fourth-order valence-corrected chi connectivity index (χ4v) is 3.33. The largest absolute Gasteiger partial charge is 0.484 e. The number of hydrazine groups is 1. The van der Waals surface area contributed by atoms with E-state index in [-0.39, 0.29) is 12.5 Å². The van der Waals surface area contributed by atoms with Gasteiger partial charge in [0.1, 0.15) is 5.75 Å². The van der Waals surface area contributed by atoms with Gasteiger partial charge in [-0.3, -0.25) is 15.6 Å². The van der Waals surface area contributed by atoms with Crippen molar-refractivity contribution in [2.24, 2.45) is 11.8 Å². The van der Waals surface area contributed by atoms with Crippen molar-refractivity contribution in [3.63, 3.8) is 0 Å². The van der Waals surface area contributed by atoms with Crippen molar-refractivity contribution in [1.82, 2.24) is 16.2 Å². The van der Waals surface area contributed by atoms with Crippen LogP contribution >= 0.6 is 12.2 Å². The Kier molecular flexibility index (Phi) is 7.50. The molecule has 0 bridgehead atoms. The summed E-state index contributed by atoms with van der Waals surface area (Å²) in [6.07, 6.45) is 4.57. The highest BCUT2D eigenvalue weighted by Crippen LogP contribution is 2.29. The molecule has 138 valence electrons. The van der Waals surface area contributed by atoms with Crippen LogP contribution in [0.2, 0.25) is 0 Å². The zero-order valence-corrected chi connectivity index (χ0v) is 16.1. The van der Waals surface area contributed by atoms with E-state index in [1.807, 2.05) is 24.3 Å². The Bertz CT molecular complexity index is 577. The summed E-state index contributed by atoms with van der Waals surface area (Å²) in [5.74, 6) is 1.67. The molecule has 5 nitrogen and oxygen atoms in total. The van der Waals surface area contributed by atoms with E-state index in [1.54, 1.807) is 0 Å². The summed E-state index contributed by atoms with van der Waals surface area (Å²) in [5.41, 5.74) is 6.57. The first kappa shape index (κ1) is 19.5. The minimum absolute atomic E-state index is 0.0576. The molecule has 1 amide bonds. The maximum absolute atomic E-state index is 11.9. The van der Waals surface area contributed by atoms with E-state index in [4.69, 9.17) is 17.0 Å². The van der Waals surface area contributed by atoms with Gasteiger partial charge in [-0.25, -0.2) is 0 Å². The summed E-state index contributed by atoms with van der Waals surface area (Å²) >= 11 is 5.27. The number of hydrogen-bond donors (Lipinski definition) is 3. The number of thiocarbonyl (C=S) groups is 1. The molecule has 2 rings (SSSR count). The SMILES string of the molecule is CCc1ccc(OCC(=O)NNC(=S)N[C@H]2CCC[C@@H](C)[C@@H]2C)cc1. The molecule has 6 heteroatoms. The fourth-order valence-electron chi connectivity index (χ4n) is 3.12. The molecule has 0 unspecified atom stereocenters. The molecule has 0 aromatic heterocycles. The summed E-state index contributed by atoms with van der Waals surface area (Å²) in [4.78, 5) is 11.9. The molecule has 25 heavy (non-hydrogen) atoms. The minimum atomic E-state index is -0.270. The van der Waals surface area contributed by atoms with Gasteiger partial charge >= 0.3 is 0 Å². The third-order valence-electron chi connectivity index (χ3n) is 5.04. The summed E-state index contributed by atoms with van der Waals surface area (Å²) in [5, 5.41) is 3.76. The van der Waals surface area contributed by atoms with E-state index in [9.17, 15) is 4.79 Å². The van der Waals surface area contributed by atoms with Gasteiger partial charge in [0.2, 0.25) is 0 Å². The van der Waals surface area contributed by atoms with Gasteiger partial charge < -0.3 is 10.1 Å². The second kappa shape index (κ2) is 9.61. The maximum atomic E-state index is 11.9. The van der Waals surface area contributed by atoms with Gasteiger partial charge in [0.25, 0.3) is 5.91 Å². The van der Waals surface area contributed by atoms with Gasteiger partial charge in [-0.15, -0.1) is 0 Å². The quantitative estimate of drug-likeness (QED) is 0.555. The van der Waals surface area contributed by atoms with Gasteiger partial charge in [0.05, 0.1) is 0 Å². The Morgan fingerprint density at radius 3 is 2.60 bits per heavy atom. The molecule has 3 atom stereocenters. The van der Waals surface area contributed by atoms with Crippen molar-refractivity contribution in [2.45, 2.75) is 52.5 Å². The van der Waals surface area contributed by atoms with Gasteiger partial charge in [0.15, 0.2) is 11.7 Å². The Hall–Kier alpha value is -1.82. The Labute approximate surface area is 155 Å². The number of rotatable bonds is 5. The topological polar surface area (TPSA) is 62.4 Å². The summed E-state index contributed by atoms with van der Waals surface area (Å²) in [6.45, 7) is 6.57. The zero-order valence-electron chi connectivity index (χ0n) is 15.3. The smallest absolute Gasteiger partial charge is 0.276 e. The number of benzene rings is 1. The van der Waals surface area contributed by atoms with Crippen LogP contribution in [0.25, 0.3) is 0 Å². The van der Waals surface area contributed by atoms with Gasteiger partial charge in [0, 0.05) is 6.04 Å². The van der Waals surface area contributed by atoms with Crippen LogP contribution in [0.15, 0.2) is 24.3 Å². The number of amides is 1. The van der Waals surface area contributed by atoms with E-state index >= 15 is 0 Å². The van der Waals surface area contributed by atoms with Gasteiger partial charge in [-0.05, 0) is 54.6 Å². The normalized spacial score (nSPS) is 22.8. The molecule has 1 saturated carbocycles. The monoisotopic (exact) mass is 363 g/mol. The molecule has 1 aliphatic rings. The lowest BCUT2D eigenvalue weighted by Gasteiger charge is -2.35. The van der Waals surface area contributed by atoms with Crippen LogP contribution in [0.1, 0.15) is 45.6 Å². The molecule has 0 saturated heterocycles. The number of aryl methyl sites for hydroxylation is 1. The minimum Gasteiger partial charge on any atom is -0.484 e. The molecule has 1 aromatic carbocycles. The molecule has 0 spiro atoms. The Morgan fingerprint density at radius 2 is 1.92 bits per heavy atom. The molecule has 1 aliphatic carbocycles. The van der Waals surface area contributed by atoms with Crippen molar-refractivity contribution in [1.29, 1.82) is 0 Å². The first-order valence-electron chi connectivity index (χ1n) is 9.06. The number of hydrogen-bond acceptors (Lipinski definition) is 3. The Balaban J connectivity index is 1.67. The fraction of sp³-hybridized carbons (Fsp3) is 0.579. The van der Waals surface area contributed by atoms with Crippen molar-refractivity contribution in [3.05, 3.63) is 29.8 Å². The lowest BCUT2D eigenvalue weighted by atomic mass is 9.78. The molecule has 0 heterocycles. The van der Waals surface area contributed by atoms with Crippen molar-refractivity contribution in [2.75, 3.05) is 6.61 Å². The Morgan fingerprint density at radius 1 is 1.20 bits per heavy atom. The number of ether oxygens (including phenoxy) is 1. The van der Waals surface area contributed by atoms with Crippen LogP contribution in [0.3, 0.4) is 0 Å². The molecule has 0 radical (unpaired) electrons. The number of carbonyl (C=O) groups is 1. The zero-order chi connectivity index (χ0) is 18.2. The standard InChI is InChI=1S/C19H29N3O2S/c1-4-15-8-10-16(11-9-15)24-12-18(23)21-22-19(25)20-17-7-5-6-13(2)14(17)3/h8-11,13-14,17H,4-7,12H2,1-3H3,(H,21,23)(H2,20,22,25)/t13-,14+,17+/m1/s1. The molecular weight excluding hydrogens is 334 g/mol. The summed E-state index contributed by atoms with van der Waals surface area (Å²) in [6, 6.07) is 8.09. The summed E-state index contributed by atoms with van der Waals surface area (Å²) in [7, 11) is 0. The van der Waals surface area contributed by atoms with Crippen LogP contribution in [0, 0.1) is 11.8 Å². The predicted molar refractivity (Wildman–Crippen MR) is 104 cm³/mol. The highest BCUT2D eigenvalue weighted by Gasteiger charge is 2.27. The average Bonchev–Trinajstić information content (AvgIpc) is 2.62. The lowest BCUT2D eigenvalue weighted by molar-refractivity contribution is -0.123. The van der Waals surface area contributed by atoms with Gasteiger partial charge in [-0.1, -0.05) is 45.7 Å². The van der Waals surface area contributed by atoms with Crippen molar-refractivity contribution >= 4 is 23.2 Å². The van der Waals surface area contributed by atoms with Crippen molar-refractivity contribution in [3.8, 4) is 5.75 Å². The average molecular weight is 364 g/mol. The first-order chi connectivity index (χ1) is 12.0. The van der Waals surface area contributed by atoms with Gasteiger partial charge in [-0.2, -0.15) is 0 Å². The molecule has 1 fully saturated rings.